The van der Waals surface area contributed by atoms with Crippen LogP contribution in [0.3, 0.4) is 0 Å². The Labute approximate surface area is 110 Å². The Bertz CT molecular complexity index is 253. The van der Waals surface area contributed by atoms with E-state index in [0.29, 0.717) is 12.5 Å². The highest BCUT2D eigenvalue weighted by atomic mass is 16.5. The average Bonchev–Trinajstić information content (AvgIpc) is 2.31. The molecule has 0 radical (unpaired) electrons. The number of likely N-dealkylation sites (N-methyl/N-ethyl adjacent to an activating group) is 1. The van der Waals surface area contributed by atoms with Crippen LogP contribution in [0.1, 0.15) is 19.3 Å². The largest absolute Gasteiger partial charge is 0.469 e. The molecular formula is C13H26N2O3. The van der Waals surface area contributed by atoms with E-state index >= 15 is 0 Å². The summed E-state index contributed by atoms with van der Waals surface area (Å²) < 4.78 is 4.54. The number of ether oxygens (including phenoxy) is 1. The van der Waals surface area contributed by atoms with Gasteiger partial charge in [0.15, 0.2) is 0 Å². The van der Waals surface area contributed by atoms with Gasteiger partial charge in [0.2, 0.25) is 0 Å². The first kappa shape index (κ1) is 15.4. The summed E-state index contributed by atoms with van der Waals surface area (Å²) in [6.45, 7) is 3.83. The van der Waals surface area contributed by atoms with Crippen molar-refractivity contribution in [1.82, 2.24) is 9.80 Å². The van der Waals surface area contributed by atoms with Gasteiger partial charge in [-0.2, -0.15) is 0 Å². The lowest BCUT2D eigenvalue weighted by Crippen LogP contribution is -2.38. The van der Waals surface area contributed by atoms with Crippen LogP contribution in [0, 0.1) is 5.92 Å². The number of rotatable bonds is 6. The molecule has 0 aromatic heterocycles. The van der Waals surface area contributed by atoms with Crippen LogP contribution in [0.4, 0.5) is 0 Å². The molecule has 1 saturated heterocycles. The summed E-state index contributed by atoms with van der Waals surface area (Å²) in [5.41, 5.74) is 0. The zero-order valence-corrected chi connectivity index (χ0v) is 11.8. The van der Waals surface area contributed by atoms with Gasteiger partial charge in [-0.05, 0) is 45.9 Å². The number of nitrogens with zero attached hydrogens (tertiary/aromatic N) is 2. The molecule has 1 aliphatic rings. The quantitative estimate of drug-likeness (QED) is 0.689. The van der Waals surface area contributed by atoms with Gasteiger partial charge in [-0.1, -0.05) is 0 Å². The van der Waals surface area contributed by atoms with Crippen molar-refractivity contribution in [1.29, 1.82) is 0 Å². The summed E-state index contributed by atoms with van der Waals surface area (Å²) in [6.07, 6.45) is 1.88. The predicted octanol–water partition coefficient (Wildman–Crippen LogP) is 0.184. The second kappa shape index (κ2) is 7.71. The number of carbonyl (C=O) groups excluding carboxylic acids is 1. The molecule has 1 heterocycles. The molecule has 106 valence electrons. The molecule has 0 aliphatic carbocycles. The molecule has 0 saturated carbocycles. The number of piperidine rings is 1. The van der Waals surface area contributed by atoms with Crippen LogP contribution in [0.25, 0.3) is 0 Å². The average molecular weight is 258 g/mol. The second-order valence-electron chi connectivity index (χ2n) is 5.40. The van der Waals surface area contributed by atoms with E-state index in [1.807, 2.05) is 7.05 Å². The number of aliphatic hydroxyl groups is 1. The molecule has 0 aromatic carbocycles. The van der Waals surface area contributed by atoms with Crippen LogP contribution in [0.15, 0.2) is 0 Å². The lowest BCUT2D eigenvalue weighted by Gasteiger charge is -2.32. The number of esters is 1. The van der Waals surface area contributed by atoms with Crippen molar-refractivity contribution in [2.24, 2.45) is 5.92 Å². The smallest absolute Gasteiger partial charge is 0.308 e. The van der Waals surface area contributed by atoms with Gasteiger partial charge >= 0.3 is 5.97 Å². The molecule has 0 aromatic rings. The Hall–Kier alpha value is -0.650. The lowest BCUT2D eigenvalue weighted by molar-refractivity contribution is -0.143. The minimum Gasteiger partial charge on any atom is -0.469 e. The van der Waals surface area contributed by atoms with Gasteiger partial charge in [-0.25, -0.2) is 0 Å². The van der Waals surface area contributed by atoms with Crippen LogP contribution in [-0.4, -0.2) is 74.4 Å². The Morgan fingerprint density at radius 1 is 1.50 bits per heavy atom. The maximum atomic E-state index is 11.0. The Morgan fingerprint density at radius 2 is 2.11 bits per heavy atom. The fourth-order valence-electron chi connectivity index (χ4n) is 2.46. The minimum absolute atomic E-state index is 0.0776. The van der Waals surface area contributed by atoms with E-state index in [2.05, 4.69) is 21.6 Å². The molecule has 1 unspecified atom stereocenters. The van der Waals surface area contributed by atoms with Gasteiger partial charge in [-0.3, -0.25) is 4.79 Å². The molecule has 1 atom stereocenters. The van der Waals surface area contributed by atoms with Crippen LogP contribution in [0.2, 0.25) is 0 Å². The second-order valence-corrected chi connectivity index (χ2v) is 5.40. The highest BCUT2D eigenvalue weighted by Crippen LogP contribution is 2.16. The van der Waals surface area contributed by atoms with E-state index in [-0.39, 0.29) is 12.4 Å². The van der Waals surface area contributed by atoms with Crippen molar-refractivity contribution < 1.29 is 14.6 Å². The summed E-state index contributed by atoms with van der Waals surface area (Å²) in [5.74, 6) is 0.353. The third kappa shape index (κ3) is 5.80. The van der Waals surface area contributed by atoms with Crippen molar-refractivity contribution in [2.75, 3.05) is 47.4 Å². The number of methoxy groups -OCH3 is 1. The van der Waals surface area contributed by atoms with Crippen molar-refractivity contribution in [3.05, 3.63) is 0 Å². The predicted molar refractivity (Wildman–Crippen MR) is 70.4 cm³/mol. The first-order valence-electron chi connectivity index (χ1n) is 6.63. The highest BCUT2D eigenvalue weighted by molar-refractivity contribution is 5.69. The van der Waals surface area contributed by atoms with E-state index in [1.165, 1.54) is 20.0 Å². The van der Waals surface area contributed by atoms with Gasteiger partial charge in [0, 0.05) is 13.1 Å². The summed E-state index contributed by atoms with van der Waals surface area (Å²) in [5, 5.41) is 9.74. The third-order valence-electron chi connectivity index (χ3n) is 3.56. The Kier molecular flexibility index (Phi) is 6.60. The summed E-state index contributed by atoms with van der Waals surface area (Å²) >= 11 is 0. The van der Waals surface area contributed by atoms with E-state index in [0.717, 1.165) is 19.6 Å². The maximum Gasteiger partial charge on any atom is 0.308 e. The summed E-state index contributed by atoms with van der Waals surface area (Å²) in [6, 6.07) is 0. The zero-order valence-electron chi connectivity index (χ0n) is 11.8. The van der Waals surface area contributed by atoms with Gasteiger partial charge in [0.25, 0.3) is 0 Å². The number of aliphatic hydroxyl groups excluding tert-OH is 1. The van der Waals surface area contributed by atoms with Gasteiger partial charge in [0.05, 0.1) is 19.6 Å². The normalized spacial score (nSPS) is 20.1. The fraction of sp³-hybridized carbons (Fsp3) is 0.923. The SMILES string of the molecule is COC(=O)CC(O)CN(C)CC1CCN(C)CC1. The van der Waals surface area contributed by atoms with Gasteiger partial charge < -0.3 is 19.6 Å². The molecule has 5 heteroatoms. The zero-order chi connectivity index (χ0) is 13.5. The number of likely N-dealkylation sites (tertiary alicyclic amines) is 1. The lowest BCUT2D eigenvalue weighted by atomic mass is 9.96. The topological polar surface area (TPSA) is 53.0 Å². The number of hydrogen-bond acceptors (Lipinski definition) is 5. The molecule has 0 amide bonds. The van der Waals surface area contributed by atoms with Crippen molar-refractivity contribution >= 4 is 5.97 Å². The van der Waals surface area contributed by atoms with E-state index in [9.17, 15) is 9.90 Å². The van der Waals surface area contributed by atoms with Crippen LogP contribution >= 0.6 is 0 Å². The van der Waals surface area contributed by atoms with Crippen LogP contribution in [0.5, 0.6) is 0 Å². The summed E-state index contributed by atoms with van der Waals surface area (Å²) in [4.78, 5) is 15.5. The number of carbonyl (C=O) groups is 1. The molecule has 1 aliphatic heterocycles. The van der Waals surface area contributed by atoms with Gasteiger partial charge in [-0.15, -0.1) is 0 Å². The molecule has 5 nitrogen and oxygen atoms in total. The molecule has 0 spiro atoms. The Balaban J connectivity index is 2.20. The van der Waals surface area contributed by atoms with Crippen molar-refractivity contribution in [3.8, 4) is 0 Å². The minimum atomic E-state index is -0.631. The number of hydrogen-bond donors (Lipinski definition) is 1. The van der Waals surface area contributed by atoms with Crippen LogP contribution in [-0.2, 0) is 9.53 Å². The molecular weight excluding hydrogens is 232 g/mol. The maximum absolute atomic E-state index is 11.0. The van der Waals surface area contributed by atoms with Crippen LogP contribution < -0.4 is 0 Å². The van der Waals surface area contributed by atoms with E-state index < -0.39 is 6.10 Å². The fourth-order valence-corrected chi connectivity index (χ4v) is 2.46. The molecule has 1 N–H and O–H groups in total. The van der Waals surface area contributed by atoms with Crippen molar-refractivity contribution in [3.63, 3.8) is 0 Å². The Morgan fingerprint density at radius 3 is 2.67 bits per heavy atom. The standard InChI is InChI=1S/C13H26N2O3/c1-14-6-4-11(5-7-14)9-15(2)10-12(16)8-13(17)18-3/h11-12,16H,4-10H2,1-3H3. The third-order valence-corrected chi connectivity index (χ3v) is 3.56. The first-order valence-corrected chi connectivity index (χ1v) is 6.63. The molecule has 0 bridgehead atoms. The molecule has 1 fully saturated rings. The monoisotopic (exact) mass is 258 g/mol. The summed E-state index contributed by atoms with van der Waals surface area (Å²) in [7, 11) is 5.50. The first-order chi connectivity index (χ1) is 8.51. The molecule has 18 heavy (non-hydrogen) atoms. The highest BCUT2D eigenvalue weighted by Gasteiger charge is 2.20. The van der Waals surface area contributed by atoms with Crippen molar-refractivity contribution in [2.45, 2.75) is 25.4 Å². The van der Waals surface area contributed by atoms with E-state index in [4.69, 9.17) is 0 Å². The van der Waals surface area contributed by atoms with Gasteiger partial charge in [0.1, 0.15) is 0 Å². The van der Waals surface area contributed by atoms with E-state index in [1.54, 1.807) is 0 Å². The molecule has 1 rings (SSSR count).